The molecule has 0 atom stereocenters. The molecule has 1 fully saturated rings. The lowest BCUT2D eigenvalue weighted by molar-refractivity contribution is 0.0676. The number of amides is 1. The van der Waals surface area contributed by atoms with Crippen LogP contribution in [0.3, 0.4) is 0 Å². The van der Waals surface area contributed by atoms with E-state index in [9.17, 15) is 4.79 Å². The summed E-state index contributed by atoms with van der Waals surface area (Å²) in [6.07, 6.45) is 7.57. The Kier molecular flexibility index (Phi) is 8.29. The van der Waals surface area contributed by atoms with Gasteiger partial charge in [-0.1, -0.05) is 30.9 Å². The minimum Gasteiger partial charge on any atom is -0.378 e. The minimum atomic E-state index is -0.362. The Bertz CT molecular complexity index is 851. The lowest BCUT2D eigenvalue weighted by Crippen LogP contribution is -2.40. The number of guanidine groups is 1. The van der Waals surface area contributed by atoms with E-state index in [-0.39, 0.29) is 11.4 Å². The number of carbonyl (C=O) groups is 1. The van der Waals surface area contributed by atoms with Crippen LogP contribution in [-0.2, 0) is 10.3 Å². The average Bonchev–Trinajstić information content (AvgIpc) is 3.18. The Hall–Kier alpha value is -3.00. The molecule has 1 aliphatic heterocycles. The SMILES string of the molecule is C=NC(=NC(=C)c1cc(C(=O)NC/C=C\C=C/C)nn1C(C)(C)C)N1CCOCC1. The van der Waals surface area contributed by atoms with Crippen LogP contribution < -0.4 is 5.32 Å². The molecule has 0 bridgehead atoms. The number of hydrogen-bond donors (Lipinski definition) is 1. The van der Waals surface area contributed by atoms with Crippen LogP contribution in [0.15, 0.2) is 46.9 Å². The summed E-state index contributed by atoms with van der Waals surface area (Å²) in [7, 11) is 0. The van der Waals surface area contributed by atoms with Gasteiger partial charge in [0.25, 0.3) is 5.91 Å². The lowest BCUT2D eigenvalue weighted by atomic mass is 10.1. The molecule has 1 aromatic rings. The highest BCUT2D eigenvalue weighted by Gasteiger charge is 2.24. The van der Waals surface area contributed by atoms with Crippen molar-refractivity contribution in [1.82, 2.24) is 20.0 Å². The summed E-state index contributed by atoms with van der Waals surface area (Å²) < 4.78 is 7.15. The highest BCUT2D eigenvalue weighted by molar-refractivity contribution is 5.94. The van der Waals surface area contributed by atoms with E-state index in [1.165, 1.54) is 0 Å². The first-order valence-electron chi connectivity index (χ1n) is 10.0. The van der Waals surface area contributed by atoms with Crippen molar-refractivity contribution in [3.05, 3.63) is 48.3 Å². The summed E-state index contributed by atoms with van der Waals surface area (Å²) in [5, 5.41) is 7.36. The van der Waals surface area contributed by atoms with E-state index in [1.54, 1.807) is 10.7 Å². The summed E-state index contributed by atoms with van der Waals surface area (Å²) in [4.78, 5) is 23.2. The molecule has 30 heavy (non-hydrogen) atoms. The maximum Gasteiger partial charge on any atom is 0.272 e. The van der Waals surface area contributed by atoms with Gasteiger partial charge in [-0.2, -0.15) is 5.10 Å². The Morgan fingerprint density at radius 1 is 1.33 bits per heavy atom. The van der Waals surface area contributed by atoms with Crippen LogP contribution in [0, 0.1) is 0 Å². The number of nitrogens with zero attached hydrogens (tertiary/aromatic N) is 5. The number of rotatable bonds is 6. The van der Waals surface area contributed by atoms with Gasteiger partial charge in [-0.05, 0) is 40.5 Å². The van der Waals surface area contributed by atoms with E-state index in [0.717, 1.165) is 0 Å². The van der Waals surface area contributed by atoms with Crippen LogP contribution >= 0.6 is 0 Å². The van der Waals surface area contributed by atoms with Crippen molar-refractivity contribution >= 4 is 24.3 Å². The highest BCUT2D eigenvalue weighted by Crippen LogP contribution is 2.24. The molecule has 2 heterocycles. The Balaban J connectivity index is 2.27. The second-order valence-electron chi connectivity index (χ2n) is 7.78. The van der Waals surface area contributed by atoms with E-state index in [4.69, 9.17) is 4.74 Å². The van der Waals surface area contributed by atoms with Crippen LogP contribution in [0.4, 0.5) is 0 Å². The van der Waals surface area contributed by atoms with Crippen molar-refractivity contribution in [3.8, 4) is 0 Å². The third-order valence-corrected chi connectivity index (χ3v) is 4.36. The molecule has 0 aliphatic carbocycles. The topological polar surface area (TPSA) is 84.1 Å². The van der Waals surface area contributed by atoms with E-state index >= 15 is 0 Å². The van der Waals surface area contributed by atoms with Crippen molar-refractivity contribution in [2.24, 2.45) is 9.98 Å². The van der Waals surface area contributed by atoms with Crippen molar-refractivity contribution in [1.29, 1.82) is 0 Å². The quantitative estimate of drug-likeness (QED) is 0.442. The first-order valence-corrected chi connectivity index (χ1v) is 10.0. The van der Waals surface area contributed by atoms with Crippen LogP contribution in [0.5, 0.6) is 0 Å². The fourth-order valence-electron chi connectivity index (χ4n) is 2.86. The molecule has 8 heteroatoms. The largest absolute Gasteiger partial charge is 0.378 e. The summed E-state index contributed by atoms with van der Waals surface area (Å²) in [6.45, 7) is 18.8. The lowest BCUT2D eigenvalue weighted by Gasteiger charge is -2.27. The van der Waals surface area contributed by atoms with Gasteiger partial charge in [0, 0.05) is 19.6 Å². The van der Waals surface area contributed by atoms with Crippen molar-refractivity contribution in [3.63, 3.8) is 0 Å². The summed E-state index contributed by atoms with van der Waals surface area (Å²) >= 11 is 0. The smallest absolute Gasteiger partial charge is 0.272 e. The molecular formula is C22H32N6O2. The number of carbonyl (C=O) groups excluding carboxylic acids is 1. The Labute approximate surface area is 178 Å². The van der Waals surface area contributed by atoms with E-state index in [1.807, 2.05) is 56.9 Å². The maximum atomic E-state index is 12.6. The highest BCUT2D eigenvalue weighted by atomic mass is 16.5. The summed E-state index contributed by atoms with van der Waals surface area (Å²) in [6, 6.07) is 1.71. The van der Waals surface area contributed by atoms with Crippen LogP contribution in [0.25, 0.3) is 5.70 Å². The predicted octanol–water partition coefficient (Wildman–Crippen LogP) is 2.86. The maximum absolute atomic E-state index is 12.6. The zero-order valence-corrected chi connectivity index (χ0v) is 18.4. The molecule has 8 nitrogen and oxygen atoms in total. The molecule has 1 N–H and O–H groups in total. The third-order valence-electron chi connectivity index (χ3n) is 4.36. The molecule has 162 valence electrons. The first kappa shape index (κ1) is 23.3. The number of allylic oxidation sites excluding steroid dienone is 3. The molecule has 1 aromatic heterocycles. The number of nitrogens with one attached hydrogen (secondary N) is 1. The van der Waals surface area contributed by atoms with E-state index < -0.39 is 0 Å². The van der Waals surface area contributed by atoms with Gasteiger partial charge in [-0.15, -0.1) is 0 Å². The van der Waals surface area contributed by atoms with Gasteiger partial charge in [-0.3, -0.25) is 9.48 Å². The number of hydrogen-bond acceptors (Lipinski definition) is 4. The fourth-order valence-corrected chi connectivity index (χ4v) is 2.86. The molecule has 1 aliphatic rings. The van der Waals surface area contributed by atoms with Crippen LogP contribution in [-0.4, -0.2) is 66.1 Å². The number of aromatic nitrogens is 2. The number of morpholine rings is 1. The fraction of sp³-hybridized carbons (Fsp3) is 0.455. The summed E-state index contributed by atoms with van der Waals surface area (Å²) in [5.74, 6) is 0.237. The molecule has 0 saturated carbocycles. The standard InChI is InChI=1S/C22H32N6O2/c1-7-8-9-10-11-24-20(29)18-16-19(28(26-18)22(3,4)5)17(2)25-21(23-6)27-12-14-30-15-13-27/h7-10,16H,2,6,11-15H2,1,3-5H3,(H,24,29)/b8-7-,10-9-,25-21?. The van der Waals surface area contributed by atoms with E-state index in [2.05, 4.69) is 33.7 Å². The van der Waals surface area contributed by atoms with Gasteiger partial charge in [0.1, 0.15) is 0 Å². The van der Waals surface area contributed by atoms with Crippen molar-refractivity contribution < 1.29 is 9.53 Å². The molecule has 1 amide bonds. The zero-order chi connectivity index (χ0) is 22.1. The van der Waals surface area contributed by atoms with Crippen molar-refractivity contribution in [2.45, 2.75) is 33.2 Å². The molecule has 1 saturated heterocycles. The van der Waals surface area contributed by atoms with Gasteiger partial charge in [-0.25, -0.2) is 9.98 Å². The van der Waals surface area contributed by atoms with Crippen molar-refractivity contribution in [2.75, 3.05) is 32.8 Å². The molecule has 0 spiro atoms. The molecule has 0 radical (unpaired) electrons. The minimum absolute atomic E-state index is 0.253. The number of ether oxygens (including phenoxy) is 1. The number of aliphatic imine (C=N–C) groups is 2. The Morgan fingerprint density at radius 2 is 2.03 bits per heavy atom. The van der Waals surface area contributed by atoms with Gasteiger partial charge in [0.05, 0.1) is 30.1 Å². The van der Waals surface area contributed by atoms with Crippen LogP contribution in [0.1, 0.15) is 43.9 Å². The zero-order valence-electron chi connectivity index (χ0n) is 18.4. The van der Waals surface area contributed by atoms with E-state index in [0.29, 0.717) is 55.9 Å². The monoisotopic (exact) mass is 412 g/mol. The van der Waals surface area contributed by atoms with Gasteiger partial charge < -0.3 is 15.0 Å². The molecule has 0 aromatic carbocycles. The first-order chi connectivity index (χ1) is 14.3. The van der Waals surface area contributed by atoms with Crippen LogP contribution in [0.2, 0.25) is 0 Å². The summed E-state index contributed by atoms with van der Waals surface area (Å²) in [5.41, 5.74) is 1.08. The second kappa shape index (κ2) is 10.7. The van der Waals surface area contributed by atoms with Gasteiger partial charge in [0.15, 0.2) is 5.69 Å². The van der Waals surface area contributed by atoms with Gasteiger partial charge >= 0.3 is 0 Å². The predicted molar refractivity (Wildman–Crippen MR) is 122 cm³/mol. The Morgan fingerprint density at radius 3 is 2.63 bits per heavy atom. The molecule has 2 rings (SSSR count). The average molecular weight is 413 g/mol. The van der Waals surface area contributed by atoms with Gasteiger partial charge in [0.2, 0.25) is 5.96 Å². The normalized spacial score (nSPS) is 15.7. The molecule has 0 unspecified atom stereocenters. The second-order valence-corrected chi connectivity index (χ2v) is 7.78. The molecular weight excluding hydrogens is 380 g/mol. The third kappa shape index (κ3) is 6.25.